The molecular formula is C90H78F4N2O2S. The van der Waals surface area contributed by atoms with Gasteiger partial charge in [-0.25, -0.2) is 17.6 Å². The number of thioether (sulfide) groups is 1. The van der Waals surface area contributed by atoms with Crippen LogP contribution in [0.3, 0.4) is 0 Å². The van der Waals surface area contributed by atoms with E-state index in [4.69, 9.17) is 9.47 Å². The van der Waals surface area contributed by atoms with Crippen LogP contribution in [-0.2, 0) is 15.6 Å². The first-order valence-electron chi connectivity index (χ1n) is 35.3. The Balaban J connectivity index is 0.751. The van der Waals surface area contributed by atoms with E-state index in [1.807, 2.05) is 18.2 Å². The Labute approximate surface area is 583 Å². The van der Waals surface area contributed by atoms with E-state index in [-0.39, 0.29) is 83.1 Å². The Morgan fingerprint density at radius 3 is 1.86 bits per heavy atom. The molecule has 4 aromatic carbocycles. The van der Waals surface area contributed by atoms with Gasteiger partial charge in [0, 0.05) is 86.6 Å². The lowest BCUT2D eigenvalue weighted by Crippen LogP contribution is -2.46. The number of halogens is 4. The maximum absolute atomic E-state index is 16.1. The quantitative estimate of drug-likeness (QED) is 0.104. The highest BCUT2D eigenvalue weighted by Crippen LogP contribution is 2.66. The average Bonchev–Trinajstić information content (AvgIpc) is 1.56. The third-order valence-corrected chi connectivity index (χ3v) is 24.8. The summed E-state index contributed by atoms with van der Waals surface area (Å²) >= 11 is 1.81. The summed E-state index contributed by atoms with van der Waals surface area (Å²) in [5.74, 6) is -0.860. The minimum Gasteiger partial charge on any atom is -0.486 e. The Morgan fingerprint density at radius 2 is 1.15 bits per heavy atom. The molecule has 4 aromatic rings. The fourth-order valence-electron chi connectivity index (χ4n) is 19.1. The molecule has 0 N–H and O–H groups in total. The van der Waals surface area contributed by atoms with Crippen LogP contribution >= 0.6 is 11.8 Å². The Hall–Kier alpha value is -9.57. The van der Waals surface area contributed by atoms with E-state index in [0.717, 1.165) is 88.0 Å². The second kappa shape index (κ2) is 25.9. The highest BCUT2D eigenvalue weighted by molar-refractivity contribution is 8.00. The monoisotopic (exact) mass is 1330 g/mol. The lowest BCUT2D eigenvalue weighted by atomic mass is 9.55. The third kappa shape index (κ3) is 10.9. The smallest absolute Gasteiger partial charge is 0.160 e. The first-order chi connectivity index (χ1) is 48.6. The van der Waals surface area contributed by atoms with Crippen LogP contribution in [0.15, 0.2) is 350 Å². The number of ether oxygens (including phenoxy) is 2. The molecule has 0 aromatic heterocycles. The lowest BCUT2D eigenvalue weighted by Gasteiger charge is -2.48. The van der Waals surface area contributed by atoms with Crippen molar-refractivity contribution >= 4 is 28.8 Å². The van der Waals surface area contributed by atoms with Gasteiger partial charge in [0.25, 0.3) is 0 Å². The number of benzene rings is 4. The van der Waals surface area contributed by atoms with E-state index in [2.05, 4.69) is 272 Å². The van der Waals surface area contributed by atoms with Crippen molar-refractivity contribution in [2.75, 3.05) is 9.80 Å². The number of rotatable bonds is 16. The molecule has 1 fully saturated rings. The summed E-state index contributed by atoms with van der Waals surface area (Å²) in [6.45, 7) is 7.89. The highest BCUT2D eigenvalue weighted by Gasteiger charge is 2.62. The van der Waals surface area contributed by atoms with Gasteiger partial charge in [-0.1, -0.05) is 201 Å². The van der Waals surface area contributed by atoms with Gasteiger partial charge in [-0.3, -0.25) is 0 Å². The summed E-state index contributed by atoms with van der Waals surface area (Å²) in [7, 11) is 0. The standard InChI is InChI=1S/C90H78F4N2O2S/c1-3-57-23-37-69(38-24-57)97-71-41-27-61(28-42-71)89(59-15-7-5-8-16-59)79-21-13-11-19-73(79)75-45-31-65(53-81(75)89)95(67-33-47-83(91)85(93)55-67)63-35-49-87-77(51-63)78-52-64(36-50-88(78)99-87)96(68-34-48-84(92)86(94)56-68)66-32-46-76-74-20-12-14-22-80(74)90(82(76)54-66,60-17-9-6-10-18-60)62-29-43-72(44-30-62)98-70-39-25-58(4-2)26-40-70/h3-15,17,19-29,31-37,39,41-55,59-60,62,68-70,73-75,77,79-81,87H,1-2,16,18,30,38,40,56H2. The first kappa shape index (κ1) is 62.9. The van der Waals surface area contributed by atoms with E-state index in [1.165, 1.54) is 34.9 Å². The molecule has 0 radical (unpaired) electrons. The zero-order valence-corrected chi connectivity index (χ0v) is 55.9. The molecule has 1 saturated carbocycles. The molecule has 99 heavy (non-hydrogen) atoms. The van der Waals surface area contributed by atoms with E-state index >= 15 is 17.6 Å². The molecule has 0 saturated heterocycles. The maximum Gasteiger partial charge on any atom is 0.160 e. The number of hydrogen-bond donors (Lipinski definition) is 0. The Morgan fingerprint density at radius 1 is 0.485 bits per heavy atom. The zero-order valence-electron chi connectivity index (χ0n) is 55.1. The second-order valence-corrected chi connectivity index (χ2v) is 29.5. The fraction of sp³-hybridized carbons (Fsp3) is 0.244. The van der Waals surface area contributed by atoms with Crippen molar-refractivity contribution in [1.29, 1.82) is 0 Å². The highest BCUT2D eigenvalue weighted by atomic mass is 32.2. The number of allylic oxidation sites excluding steroid dienone is 32. The molecule has 12 aliphatic carbocycles. The molecule has 494 valence electrons. The third-order valence-electron chi connectivity index (χ3n) is 23.4. The van der Waals surface area contributed by atoms with E-state index in [1.54, 1.807) is 17.8 Å². The van der Waals surface area contributed by atoms with Gasteiger partial charge >= 0.3 is 0 Å². The van der Waals surface area contributed by atoms with Crippen LogP contribution in [0.1, 0.15) is 72.6 Å². The van der Waals surface area contributed by atoms with Crippen LogP contribution in [-0.4, -0.2) is 23.5 Å². The molecule has 13 aliphatic rings. The molecule has 16 atom stereocenters. The molecular weight excluding hydrogens is 1250 g/mol. The van der Waals surface area contributed by atoms with Crippen molar-refractivity contribution in [3.05, 3.63) is 379 Å². The van der Waals surface area contributed by atoms with Crippen LogP contribution in [0.5, 0.6) is 5.75 Å². The molecule has 16 unspecified atom stereocenters. The van der Waals surface area contributed by atoms with Crippen LogP contribution in [0, 0.1) is 59.0 Å². The molecule has 1 aliphatic heterocycles. The van der Waals surface area contributed by atoms with Gasteiger partial charge in [-0.2, -0.15) is 0 Å². The summed E-state index contributed by atoms with van der Waals surface area (Å²) < 4.78 is 76.0. The van der Waals surface area contributed by atoms with Gasteiger partial charge in [0.2, 0.25) is 0 Å². The van der Waals surface area contributed by atoms with Crippen molar-refractivity contribution in [1.82, 2.24) is 0 Å². The number of anilines is 3. The maximum atomic E-state index is 16.1. The Bertz CT molecular complexity index is 4660. The number of nitrogens with zero attached hydrogens (tertiary/aromatic N) is 2. The topological polar surface area (TPSA) is 24.9 Å². The molecule has 4 nitrogen and oxygen atoms in total. The number of hydrogen-bond acceptors (Lipinski definition) is 5. The molecule has 0 bridgehead atoms. The van der Waals surface area contributed by atoms with E-state index in [9.17, 15) is 0 Å². The fourth-order valence-corrected chi connectivity index (χ4v) is 20.4. The summed E-state index contributed by atoms with van der Waals surface area (Å²) in [6, 6.07) is 26.0. The van der Waals surface area contributed by atoms with Gasteiger partial charge in [0.15, 0.2) is 17.5 Å². The summed E-state index contributed by atoms with van der Waals surface area (Å²) in [5.41, 5.74) is 10.2. The molecule has 1 heterocycles. The first-order valence-corrected chi connectivity index (χ1v) is 36.2. The molecule has 9 heteroatoms. The van der Waals surface area contributed by atoms with E-state index in [0.29, 0.717) is 5.69 Å². The minimum absolute atomic E-state index is 0.0216. The summed E-state index contributed by atoms with van der Waals surface area (Å²) in [6.07, 6.45) is 80.4. The summed E-state index contributed by atoms with van der Waals surface area (Å²) in [5, 5.41) is 0.0216. The van der Waals surface area contributed by atoms with Crippen molar-refractivity contribution in [3.63, 3.8) is 0 Å². The summed E-state index contributed by atoms with van der Waals surface area (Å²) in [4.78, 5) is 5.47. The van der Waals surface area contributed by atoms with Crippen LogP contribution in [0.25, 0.3) is 0 Å². The SMILES string of the molecule is C=CC1=CCC(OC2=CCC(C3(C4C=CC=CC4)c4cc(N(c5ccc6c(c5)C5C=C(N(C7=CC8C(C=C7)C7C=CC=CC7C8(c7ccc(OC8C=CC(C=C)=CC8)cc7)C7C=CC=CC7)c7ccc(F)c(F)c7)C=CC5S6)C5C=CC(F)=C(F)C5)ccc4C4C=CC=CC43)C=C2)C=C1. The van der Waals surface area contributed by atoms with Crippen molar-refractivity contribution in [2.45, 2.75) is 89.6 Å². The molecule has 0 spiro atoms. The van der Waals surface area contributed by atoms with Gasteiger partial charge in [-0.15, -0.1) is 11.8 Å². The second-order valence-electron chi connectivity index (χ2n) is 28.3. The van der Waals surface area contributed by atoms with Gasteiger partial charge in [0.1, 0.15) is 29.5 Å². The van der Waals surface area contributed by atoms with Gasteiger partial charge in [0.05, 0.1) is 6.04 Å². The minimum atomic E-state index is -0.927. The van der Waals surface area contributed by atoms with Gasteiger partial charge < -0.3 is 19.3 Å². The number of fused-ring (bicyclic) bond motifs is 9. The molecule has 17 rings (SSSR count). The predicted octanol–water partition coefficient (Wildman–Crippen LogP) is 22.2. The largest absolute Gasteiger partial charge is 0.486 e. The van der Waals surface area contributed by atoms with Crippen molar-refractivity contribution in [2.24, 2.45) is 47.3 Å². The van der Waals surface area contributed by atoms with E-state index < -0.39 is 40.2 Å². The normalized spacial score (nSPS) is 32.6. The van der Waals surface area contributed by atoms with Crippen LogP contribution < -0.4 is 14.5 Å². The van der Waals surface area contributed by atoms with Crippen molar-refractivity contribution in [3.8, 4) is 5.75 Å². The predicted molar refractivity (Wildman–Crippen MR) is 395 cm³/mol. The lowest BCUT2D eigenvalue weighted by molar-refractivity contribution is 0.152. The van der Waals surface area contributed by atoms with Gasteiger partial charge in [-0.05, 0) is 197 Å². The van der Waals surface area contributed by atoms with Crippen LogP contribution in [0.4, 0.5) is 34.6 Å². The Kier molecular flexibility index (Phi) is 16.5. The van der Waals surface area contributed by atoms with Crippen molar-refractivity contribution < 1.29 is 27.0 Å². The molecule has 0 amide bonds. The zero-order chi connectivity index (χ0) is 66.9. The average molecular weight is 1330 g/mol. The van der Waals surface area contributed by atoms with Crippen LogP contribution in [0.2, 0.25) is 0 Å².